The first kappa shape index (κ1) is 12.1. The second-order valence-electron chi connectivity index (χ2n) is 2.72. The number of ether oxygens (including phenoxy) is 2. The summed E-state index contributed by atoms with van der Waals surface area (Å²) in [6.45, 7) is 2.22. The number of methoxy groups -OCH3 is 1. The highest BCUT2D eigenvalue weighted by atomic mass is 127. The molecule has 1 rings (SSSR count). The van der Waals surface area contributed by atoms with Crippen molar-refractivity contribution in [2.45, 2.75) is 6.92 Å². The van der Waals surface area contributed by atoms with Crippen LogP contribution in [0.15, 0.2) is 12.1 Å². The average Bonchev–Trinajstić information content (AvgIpc) is 2.22. The summed E-state index contributed by atoms with van der Waals surface area (Å²) in [4.78, 5) is 11.4. The van der Waals surface area contributed by atoms with Gasteiger partial charge in [0, 0.05) is 6.07 Å². The van der Waals surface area contributed by atoms with Crippen LogP contribution in [0.5, 0.6) is 11.5 Å². The van der Waals surface area contributed by atoms with E-state index >= 15 is 0 Å². The van der Waals surface area contributed by atoms with Crippen LogP contribution >= 0.6 is 22.6 Å². The van der Waals surface area contributed by atoms with Crippen LogP contribution in [0.2, 0.25) is 0 Å². The molecular weight excluding hydrogens is 311 g/mol. The third kappa shape index (κ3) is 2.74. The molecule has 0 saturated carbocycles. The number of carbonyl (C=O) groups excluding carboxylic acids is 1. The molecule has 1 aromatic rings. The summed E-state index contributed by atoms with van der Waals surface area (Å²) in [6, 6.07) is 2.95. The minimum absolute atomic E-state index is 0.0895. The smallest absolute Gasteiger partial charge is 0.341 e. The van der Waals surface area contributed by atoms with Crippen LogP contribution < -0.4 is 4.74 Å². The summed E-state index contributed by atoms with van der Waals surface area (Å²) in [5.41, 5.74) is 0.321. The summed E-state index contributed by atoms with van der Waals surface area (Å²) in [5.74, 6) is -0.0506. The Hall–Kier alpha value is -0.980. The Balaban J connectivity index is 3.21. The molecule has 0 bridgehead atoms. The SMILES string of the molecule is CCOc1cc(O)c(I)cc1C(=O)OC. The van der Waals surface area contributed by atoms with Crippen molar-refractivity contribution in [1.29, 1.82) is 0 Å². The van der Waals surface area contributed by atoms with Crippen molar-refractivity contribution in [3.05, 3.63) is 21.3 Å². The fraction of sp³-hybridized carbons (Fsp3) is 0.300. The molecule has 0 aliphatic carbocycles. The Bertz CT molecular complexity index is 376. The van der Waals surface area contributed by atoms with Crippen LogP contribution in [0.1, 0.15) is 17.3 Å². The van der Waals surface area contributed by atoms with Gasteiger partial charge in [0.25, 0.3) is 0 Å². The molecular formula is C10H11IO4. The van der Waals surface area contributed by atoms with Crippen LogP contribution in [-0.2, 0) is 4.74 Å². The number of benzene rings is 1. The molecule has 0 unspecified atom stereocenters. The molecule has 1 aromatic carbocycles. The first-order valence-corrected chi connectivity index (χ1v) is 5.41. The number of phenolic OH excluding ortho intramolecular Hbond substituents is 1. The number of hydrogen-bond acceptors (Lipinski definition) is 4. The number of halogens is 1. The summed E-state index contributed by atoms with van der Waals surface area (Å²) >= 11 is 1.93. The summed E-state index contributed by atoms with van der Waals surface area (Å²) in [6.07, 6.45) is 0. The molecule has 82 valence electrons. The molecule has 0 atom stereocenters. The standard InChI is InChI=1S/C10H11IO4/c1-3-15-9-5-8(12)7(11)4-6(9)10(13)14-2/h4-5,12H,3H2,1-2H3. The van der Waals surface area contributed by atoms with Crippen molar-refractivity contribution in [2.24, 2.45) is 0 Å². The van der Waals surface area contributed by atoms with E-state index < -0.39 is 5.97 Å². The van der Waals surface area contributed by atoms with Crippen molar-refractivity contribution in [1.82, 2.24) is 0 Å². The fourth-order valence-corrected chi connectivity index (χ4v) is 1.55. The third-order valence-electron chi connectivity index (χ3n) is 1.75. The Morgan fingerprint density at radius 3 is 2.73 bits per heavy atom. The fourth-order valence-electron chi connectivity index (χ4n) is 1.09. The van der Waals surface area contributed by atoms with E-state index in [2.05, 4.69) is 4.74 Å². The maximum atomic E-state index is 11.4. The molecule has 15 heavy (non-hydrogen) atoms. The Morgan fingerprint density at radius 2 is 2.20 bits per heavy atom. The molecule has 0 saturated heterocycles. The second-order valence-corrected chi connectivity index (χ2v) is 3.89. The zero-order chi connectivity index (χ0) is 11.4. The topological polar surface area (TPSA) is 55.8 Å². The summed E-state index contributed by atoms with van der Waals surface area (Å²) in [5, 5.41) is 9.47. The number of carbonyl (C=O) groups is 1. The third-order valence-corrected chi connectivity index (χ3v) is 2.62. The summed E-state index contributed by atoms with van der Waals surface area (Å²) in [7, 11) is 1.30. The van der Waals surface area contributed by atoms with E-state index in [4.69, 9.17) is 4.74 Å². The monoisotopic (exact) mass is 322 g/mol. The lowest BCUT2D eigenvalue weighted by atomic mass is 10.2. The molecule has 0 aromatic heterocycles. The van der Waals surface area contributed by atoms with Crippen molar-refractivity contribution in [3.8, 4) is 11.5 Å². The molecule has 1 N–H and O–H groups in total. The van der Waals surface area contributed by atoms with Gasteiger partial charge in [-0.2, -0.15) is 0 Å². The van der Waals surface area contributed by atoms with Gasteiger partial charge in [-0.05, 0) is 35.6 Å². The van der Waals surface area contributed by atoms with Crippen LogP contribution in [-0.4, -0.2) is 24.8 Å². The molecule has 0 fully saturated rings. The lowest BCUT2D eigenvalue weighted by Crippen LogP contribution is -2.06. The van der Waals surface area contributed by atoms with E-state index in [9.17, 15) is 9.90 Å². The average molecular weight is 322 g/mol. The van der Waals surface area contributed by atoms with E-state index in [-0.39, 0.29) is 5.75 Å². The van der Waals surface area contributed by atoms with Gasteiger partial charge in [-0.25, -0.2) is 4.79 Å². The highest BCUT2D eigenvalue weighted by Gasteiger charge is 2.15. The van der Waals surface area contributed by atoms with Gasteiger partial charge in [-0.1, -0.05) is 0 Å². The van der Waals surface area contributed by atoms with Gasteiger partial charge < -0.3 is 14.6 Å². The van der Waals surface area contributed by atoms with Gasteiger partial charge in [0.1, 0.15) is 17.1 Å². The van der Waals surface area contributed by atoms with Crippen molar-refractivity contribution >= 4 is 28.6 Å². The van der Waals surface area contributed by atoms with E-state index in [1.54, 1.807) is 6.92 Å². The molecule has 0 aliphatic rings. The number of esters is 1. The molecule has 0 radical (unpaired) electrons. The lowest BCUT2D eigenvalue weighted by Gasteiger charge is -2.10. The maximum Gasteiger partial charge on any atom is 0.341 e. The van der Waals surface area contributed by atoms with Gasteiger partial charge in [-0.15, -0.1) is 0 Å². The second kappa shape index (κ2) is 5.20. The molecule has 0 spiro atoms. The maximum absolute atomic E-state index is 11.4. The zero-order valence-corrected chi connectivity index (χ0v) is 10.6. The quantitative estimate of drug-likeness (QED) is 0.685. The predicted octanol–water partition coefficient (Wildman–Crippen LogP) is 2.18. The normalized spacial score (nSPS) is 9.80. The Kier molecular flexibility index (Phi) is 4.19. The van der Waals surface area contributed by atoms with Gasteiger partial charge >= 0.3 is 5.97 Å². The molecule has 0 aliphatic heterocycles. The van der Waals surface area contributed by atoms with E-state index in [1.807, 2.05) is 22.6 Å². The number of aromatic hydroxyl groups is 1. The zero-order valence-electron chi connectivity index (χ0n) is 8.41. The minimum atomic E-state index is -0.476. The highest BCUT2D eigenvalue weighted by Crippen LogP contribution is 2.29. The molecule has 5 heteroatoms. The molecule has 4 nitrogen and oxygen atoms in total. The van der Waals surface area contributed by atoms with Crippen molar-refractivity contribution < 1.29 is 19.4 Å². The molecule has 0 amide bonds. The van der Waals surface area contributed by atoms with Crippen LogP contribution in [0.25, 0.3) is 0 Å². The van der Waals surface area contributed by atoms with Gasteiger partial charge in [0.05, 0.1) is 17.3 Å². The first-order valence-electron chi connectivity index (χ1n) is 4.33. The van der Waals surface area contributed by atoms with Crippen molar-refractivity contribution in [2.75, 3.05) is 13.7 Å². The molecule has 0 heterocycles. The number of phenols is 1. The van der Waals surface area contributed by atoms with Gasteiger partial charge in [0.2, 0.25) is 0 Å². The Morgan fingerprint density at radius 1 is 1.53 bits per heavy atom. The first-order chi connectivity index (χ1) is 7.10. The lowest BCUT2D eigenvalue weighted by molar-refractivity contribution is 0.0596. The van der Waals surface area contributed by atoms with E-state index in [1.165, 1.54) is 19.2 Å². The van der Waals surface area contributed by atoms with Crippen LogP contribution in [0, 0.1) is 3.57 Å². The van der Waals surface area contributed by atoms with Crippen molar-refractivity contribution in [3.63, 3.8) is 0 Å². The largest absolute Gasteiger partial charge is 0.507 e. The van der Waals surface area contributed by atoms with Crippen LogP contribution in [0.3, 0.4) is 0 Å². The van der Waals surface area contributed by atoms with Gasteiger partial charge in [-0.3, -0.25) is 0 Å². The predicted molar refractivity (Wildman–Crippen MR) is 63.3 cm³/mol. The number of rotatable bonds is 3. The Labute approximate surface area is 101 Å². The van der Waals surface area contributed by atoms with E-state index in [0.29, 0.717) is 21.5 Å². The highest BCUT2D eigenvalue weighted by molar-refractivity contribution is 14.1. The summed E-state index contributed by atoms with van der Waals surface area (Å²) < 4.78 is 10.4. The minimum Gasteiger partial charge on any atom is -0.507 e. The van der Waals surface area contributed by atoms with E-state index in [0.717, 1.165) is 0 Å². The number of hydrogen-bond donors (Lipinski definition) is 1. The van der Waals surface area contributed by atoms with Gasteiger partial charge in [0.15, 0.2) is 0 Å². The van der Waals surface area contributed by atoms with Crippen LogP contribution in [0.4, 0.5) is 0 Å².